The van der Waals surface area contributed by atoms with Crippen molar-refractivity contribution in [3.05, 3.63) is 58.9 Å². The van der Waals surface area contributed by atoms with Gasteiger partial charge in [-0.3, -0.25) is 14.5 Å². The van der Waals surface area contributed by atoms with E-state index in [4.69, 9.17) is 6.42 Å². The zero-order valence-electron chi connectivity index (χ0n) is 14.6. The summed E-state index contributed by atoms with van der Waals surface area (Å²) in [5, 5.41) is 2.41. The third-order valence-electron chi connectivity index (χ3n) is 3.76. The quantitative estimate of drug-likeness (QED) is 0.836. The van der Waals surface area contributed by atoms with Crippen molar-refractivity contribution in [2.45, 2.75) is 13.1 Å². The number of benzene rings is 1. The van der Waals surface area contributed by atoms with Gasteiger partial charge in [0.2, 0.25) is 5.91 Å². The molecule has 1 aromatic carbocycles. The summed E-state index contributed by atoms with van der Waals surface area (Å²) >= 11 is 0. The molecule has 2 aromatic rings. The number of nitrogens with one attached hydrogen (secondary N) is 1. The maximum atomic E-state index is 13.0. The molecule has 2 amide bonds. The zero-order chi connectivity index (χ0) is 20.2. The van der Waals surface area contributed by atoms with Crippen molar-refractivity contribution in [2.75, 3.05) is 18.5 Å². The maximum absolute atomic E-state index is 13.0. The van der Waals surface area contributed by atoms with Crippen molar-refractivity contribution in [3.63, 3.8) is 0 Å². The lowest BCUT2D eigenvalue weighted by Gasteiger charge is -2.23. The van der Waals surface area contributed by atoms with Crippen LogP contribution in [0, 0.1) is 19.3 Å². The van der Waals surface area contributed by atoms with Gasteiger partial charge in [0.15, 0.2) is 0 Å². The number of amides is 2. The monoisotopic (exact) mass is 375 g/mol. The first-order chi connectivity index (χ1) is 12.7. The number of carbonyl (C=O) groups is 2. The molecule has 0 aliphatic carbocycles. The van der Waals surface area contributed by atoms with Gasteiger partial charge < -0.3 is 5.32 Å². The van der Waals surface area contributed by atoms with Crippen molar-refractivity contribution >= 4 is 17.5 Å². The number of likely N-dealkylation sites (N-methyl/N-ethyl adjacent to an activating group) is 1. The van der Waals surface area contributed by atoms with E-state index < -0.39 is 23.7 Å². The molecule has 0 fully saturated rings. The molecule has 8 heteroatoms. The van der Waals surface area contributed by atoms with Gasteiger partial charge in [0, 0.05) is 18.3 Å². The van der Waals surface area contributed by atoms with E-state index in [9.17, 15) is 22.8 Å². The molecule has 0 bridgehead atoms. The highest BCUT2D eigenvalue weighted by atomic mass is 19.4. The molecule has 140 valence electrons. The van der Waals surface area contributed by atoms with Gasteiger partial charge >= 0.3 is 6.18 Å². The highest BCUT2D eigenvalue weighted by Gasteiger charge is 2.33. The van der Waals surface area contributed by atoms with Gasteiger partial charge in [-0.05, 0) is 37.3 Å². The van der Waals surface area contributed by atoms with E-state index in [0.29, 0.717) is 11.3 Å². The molecular weight excluding hydrogens is 359 g/mol. The molecule has 0 aliphatic rings. The average molecular weight is 375 g/mol. The Morgan fingerprint density at radius 3 is 2.52 bits per heavy atom. The number of terminal acetylenes is 1. The highest BCUT2D eigenvalue weighted by molar-refractivity contribution is 6.09. The van der Waals surface area contributed by atoms with E-state index in [2.05, 4.69) is 16.2 Å². The largest absolute Gasteiger partial charge is 0.433 e. The van der Waals surface area contributed by atoms with Gasteiger partial charge in [0.1, 0.15) is 12.2 Å². The van der Waals surface area contributed by atoms with Crippen LogP contribution in [0.3, 0.4) is 0 Å². The third kappa shape index (κ3) is 4.64. The Kier molecular flexibility index (Phi) is 5.85. The Labute approximate surface area is 154 Å². The summed E-state index contributed by atoms with van der Waals surface area (Å²) in [4.78, 5) is 29.4. The number of anilines is 1. The van der Waals surface area contributed by atoms with E-state index in [1.807, 2.05) is 0 Å². The fourth-order valence-corrected chi connectivity index (χ4v) is 2.36. The van der Waals surface area contributed by atoms with Crippen LogP contribution in [0.15, 0.2) is 36.4 Å². The number of hydrogen-bond acceptors (Lipinski definition) is 3. The summed E-state index contributed by atoms with van der Waals surface area (Å²) in [7, 11) is 1.41. The van der Waals surface area contributed by atoms with E-state index in [0.717, 1.165) is 17.0 Å². The predicted molar refractivity (Wildman–Crippen MR) is 94.1 cm³/mol. The van der Waals surface area contributed by atoms with Crippen molar-refractivity contribution in [1.29, 1.82) is 0 Å². The molecule has 0 spiro atoms. The van der Waals surface area contributed by atoms with E-state index in [1.54, 1.807) is 18.2 Å². The number of hydrogen-bond donors (Lipinski definition) is 1. The Bertz CT molecular complexity index is 917. The number of carbonyl (C=O) groups excluding carboxylic acids is 2. The van der Waals surface area contributed by atoms with E-state index >= 15 is 0 Å². The molecule has 1 N–H and O–H groups in total. The summed E-state index contributed by atoms with van der Waals surface area (Å²) in [6.45, 7) is 0.974. The molecule has 0 saturated heterocycles. The highest BCUT2D eigenvalue weighted by Crippen LogP contribution is 2.29. The summed E-state index contributed by atoms with van der Waals surface area (Å²) in [5.74, 6) is 1.32. The summed E-state index contributed by atoms with van der Waals surface area (Å²) in [6, 6.07) is 8.16. The molecule has 0 saturated carbocycles. The molecule has 1 heterocycles. The Morgan fingerprint density at radius 2 is 1.96 bits per heavy atom. The maximum Gasteiger partial charge on any atom is 0.433 e. The molecular formula is C19H16F3N3O2. The van der Waals surface area contributed by atoms with Crippen LogP contribution in [0.25, 0.3) is 0 Å². The van der Waals surface area contributed by atoms with E-state index in [-0.39, 0.29) is 17.8 Å². The lowest BCUT2D eigenvalue weighted by Crippen LogP contribution is -2.40. The van der Waals surface area contributed by atoms with Crippen LogP contribution in [-0.2, 0) is 11.0 Å². The topological polar surface area (TPSA) is 62.3 Å². The van der Waals surface area contributed by atoms with Crippen molar-refractivity contribution in [1.82, 2.24) is 10.3 Å². The normalized spacial score (nSPS) is 10.8. The fourth-order valence-electron chi connectivity index (χ4n) is 2.36. The summed E-state index contributed by atoms with van der Waals surface area (Å²) < 4.78 is 38.4. The second-order valence-corrected chi connectivity index (χ2v) is 5.59. The molecule has 1 aromatic heterocycles. The minimum Gasteiger partial charge on any atom is -0.358 e. The zero-order valence-corrected chi connectivity index (χ0v) is 14.6. The number of nitrogens with zero attached hydrogens (tertiary/aromatic N) is 2. The molecule has 27 heavy (non-hydrogen) atoms. The Morgan fingerprint density at radius 1 is 1.26 bits per heavy atom. The standard InChI is InChI=1S/C19H16F3N3O2/c1-4-13-6-5-7-14(10-13)25(11-17(26)23-3)18(27)15-8-9-16(19(20,21)22)24-12(15)2/h1,5-10H,11H2,2-3H3,(H,23,26). The first-order valence-corrected chi connectivity index (χ1v) is 7.81. The minimum atomic E-state index is -4.62. The number of rotatable bonds is 4. The van der Waals surface area contributed by atoms with Crippen LogP contribution >= 0.6 is 0 Å². The Balaban J connectivity index is 2.48. The lowest BCUT2D eigenvalue weighted by atomic mass is 10.1. The van der Waals surface area contributed by atoms with Crippen molar-refractivity contribution in [3.8, 4) is 12.3 Å². The molecule has 2 rings (SSSR count). The number of pyridine rings is 1. The van der Waals surface area contributed by atoms with Crippen LogP contribution in [0.1, 0.15) is 27.3 Å². The van der Waals surface area contributed by atoms with Gasteiger partial charge in [-0.1, -0.05) is 12.0 Å². The fraction of sp³-hybridized carbons (Fsp3) is 0.211. The van der Waals surface area contributed by atoms with Crippen LogP contribution in [0.5, 0.6) is 0 Å². The third-order valence-corrected chi connectivity index (χ3v) is 3.76. The summed E-state index contributed by atoms with van der Waals surface area (Å²) in [6.07, 6.45) is 0.750. The van der Waals surface area contributed by atoms with Gasteiger partial charge in [0.05, 0.1) is 11.3 Å². The molecule has 0 radical (unpaired) electrons. The minimum absolute atomic E-state index is 0.0435. The smallest absolute Gasteiger partial charge is 0.358 e. The second-order valence-electron chi connectivity index (χ2n) is 5.59. The van der Waals surface area contributed by atoms with Gasteiger partial charge in [-0.15, -0.1) is 6.42 Å². The SMILES string of the molecule is C#Cc1cccc(N(CC(=O)NC)C(=O)c2ccc(C(F)(F)F)nc2C)c1. The molecule has 0 unspecified atom stereocenters. The lowest BCUT2D eigenvalue weighted by molar-refractivity contribution is -0.141. The predicted octanol–water partition coefficient (Wildman–Crippen LogP) is 2.78. The Hall–Kier alpha value is -3.34. The first-order valence-electron chi connectivity index (χ1n) is 7.81. The second kappa shape index (κ2) is 7.91. The molecule has 0 aliphatic heterocycles. The number of aromatic nitrogens is 1. The molecule has 5 nitrogen and oxygen atoms in total. The van der Waals surface area contributed by atoms with E-state index in [1.165, 1.54) is 20.0 Å². The number of halogens is 3. The number of aryl methyl sites for hydroxylation is 1. The van der Waals surface area contributed by atoms with Crippen LogP contribution in [-0.4, -0.2) is 30.4 Å². The van der Waals surface area contributed by atoms with Crippen LogP contribution in [0.4, 0.5) is 18.9 Å². The van der Waals surface area contributed by atoms with Gasteiger partial charge in [0.25, 0.3) is 5.91 Å². The molecule has 0 atom stereocenters. The van der Waals surface area contributed by atoms with Crippen molar-refractivity contribution < 1.29 is 22.8 Å². The van der Waals surface area contributed by atoms with Crippen LogP contribution in [0.2, 0.25) is 0 Å². The summed E-state index contributed by atoms with van der Waals surface area (Å²) in [5.41, 5.74) is -0.394. The van der Waals surface area contributed by atoms with Gasteiger partial charge in [-0.25, -0.2) is 4.98 Å². The van der Waals surface area contributed by atoms with Crippen LogP contribution < -0.4 is 10.2 Å². The average Bonchev–Trinajstić information content (AvgIpc) is 2.64. The first kappa shape index (κ1) is 20.0. The number of alkyl halides is 3. The van der Waals surface area contributed by atoms with Gasteiger partial charge in [-0.2, -0.15) is 13.2 Å². The van der Waals surface area contributed by atoms with Crippen molar-refractivity contribution in [2.24, 2.45) is 0 Å².